The lowest BCUT2D eigenvalue weighted by Gasteiger charge is -2.20. The van der Waals surface area contributed by atoms with E-state index in [1.165, 1.54) is 15.9 Å². The summed E-state index contributed by atoms with van der Waals surface area (Å²) in [5.41, 5.74) is 0.348. The topological polar surface area (TPSA) is 59.1 Å². The molecule has 1 aromatic carbocycles. The van der Waals surface area contributed by atoms with Gasteiger partial charge in [0.2, 0.25) is 5.91 Å². The van der Waals surface area contributed by atoms with E-state index in [0.717, 1.165) is 6.42 Å². The van der Waals surface area contributed by atoms with Crippen LogP contribution < -0.4 is 9.47 Å². The number of halogens is 1. The van der Waals surface area contributed by atoms with Gasteiger partial charge in [-0.05, 0) is 25.5 Å². The number of amides is 2. The molecule has 7 heteroatoms. The Morgan fingerprint density at radius 2 is 1.79 bits per heavy atom. The molecule has 0 saturated carbocycles. The lowest BCUT2D eigenvalue weighted by atomic mass is 10.1. The van der Waals surface area contributed by atoms with Crippen LogP contribution in [0, 0.1) is 0 Å². The lowest BCUT2D eigenvalue weighted by molar-refractivity contribution is -0.129. The van der Waals surface area contributed by atoms with E-state index in [9.17, 15) is 9.59 Å². The normalized spacial score (nSPS) is 10.2. The Kier molecular flexibility index (Phi) is 7.85. The van der Waals surface area contributed by atoms with Crippen LogP contribution in [0.3, 0.4) is 0 Å². The van der Waals surface area contributed by atoms with Crippen molar-refractivity contribution in [2.75, 3.05) is 40.9 Å². The van der Waals surface area contributed by atoms with Crippen LogP contribution in [0.2, 0.25) is 5.02 Å². The summed E-state index contributed by atoms with van der Waals surface area (Å²) in [6, 6.07) is 3.13. The van der Waals surface area contributed by atoms with Crippen molar-refractivity contribution in [2.24, 2.45) is 0 Å². The zero-order valence-corrected chi connectivity index (χ0v) is 15.6. The van der Waals surface area contributed by atoms with Crippen LogP contribution in [-0.2, 0) is 4.79 Å². The summed E-state index contributed by atoms with van der Waals surface area (Å²) >= 11 is 6.26. The molecule has 0 N–H and O–H groups in total. The Hall–Kier alpha value is -1.95. The molecule has 0 aliphatic rings. The number of hydrogen-bond acceptors (Lipinski definition) is 4. The minimum absolute atomic E-state index is 0.0124. The van der Waals surface area contributed by atoms with Gasteiger partial charge in [0.1, 0.15) is 0 Å². The van der Waals surface area contributed by atoms with Crippen LogP contribution >= 0.6 is 11.6 Å². The molecule has 1 aromatic rings. The fraction of sp³-hybridized carbons (Fsp3) is 0.529. The highest BCUT2D eigenvalue weighted by molar-refractivity contribution is 6.32. The zero-order chi connectivity index (χ0) is 18.3. The summed E-state index contributed by atoms with van der Waals surface area (Å²) in [5, 5.41) is 0.310. The molecule has 0 atom stereocenters. The van der Waals surface area contributed by atoms with E-state index in [-0.39, 0.29) is 18.4 Å². The Labute approximate surface area is 148 Å². The molecule has 0 fully saturated rings. The predicted octanol–water partition coefficient (Wildman–Crippen LogP) is 2.69. The van der Waals surface area contributed by atoms with Crippen molar-refractivity contribution >= 4 is 23.4 Å². The van der Waals surface area contributed by atoms with Crippen LogP contribution in [0.4, 0.5) is 0 Å². The second-order valence-electron chi connectivity index (χ2n) is 5.52. The quantitative estimate of drug-likeness (QED) is 0.718. The van der Waals surface area contributed by atoms with Gasteiger partial charge in [-0.25, -0.2) is 0 Å². The molecule has 0 aromatic heterocycles. The second kappa shape index (κ2) is 9.37. The van der Waals surface area contributed by atoms with Gasteiger partial charge >= 0.3 is 0 Å². The number of likely N-dealkylation sites (N-methyl/N-ethyl adjacent to an activating group) is 2. The molecule has 0 saturated heterocycles. The first kappa shape index (κ1) is 20.1. The smallest absolute Gasteiger partial charge is 0.254 e. The molecular formula is C17H25ClN2O4. The van der Waals surface area contributed by atoms with E-state index < -0.39 is 0 Å². The Morgan fingerprint density at radius 1 is 1.12 bits per heavy atom. The van der Waals surface area contributed by atoms with Crippen molar-refractivity contribution < 1.29 is 19.1 Å². The van der Waals surface area contributed by atoms with E-state index in [1.54, 1.807) is 27.2 Å². The third kappa shape index (κ3) is 5.30. The van der Waals surface area contributed by atoms with Gasteiger partial charge in [0, 0.05) is 26.7 Å². The highest BCUT2D eigenvalue weighted by Crippen LogP contribution is 2.37. The predicted molar refractivity (Wildman–Crippen MR) is 94.1 cm³/mol. The summed E-state index contributed by atoms with van der Waals surface area (Å²) in [7, 11) is 4.86. The van der Waals surface area contributed by atoms with Crippen LogP contribution in [0.5, 0.6) is 11.5 Å². The molecule has 0 spiro atoms. The molecule has 0 radical (unpaired) electrons. The average Bonchev–Trinajstić information content (AvgIpc) is 2.53. The molecule has 1 rings (SSSR count). The largest absolute Gasteiger partial charge is 0.490 e. The number of carbonyl (C=O) groups is 2. The number of hydrogen-bond donors (Lipinski definition) is 0. The van der Waals surface area contributed by atoms with Gasteiger partial charge in [-0.1, -0.05) is 18.5 Å². The third-order valence-corrected chi connectivity index (χ3v) is 3.51. The standard InChI is InChI=1S/C17H25ClN2O4/c1-6-8-24-16-13(18)9-12(10-14(16)23-7-2)17(22)20(5)11-15(21)19(3)4/h9-10H,6-8,11H2,1-5H3. The van der Waals surface area contributed by atoms with Crippen molar-refractivity contribution in [3.63, 3.8) is 0 Å². The number of benzene rings is 1. The third-order valence-electron chi connectivity index (χ3n) is 3.22. The molecule has 134 valence electrons. The van der Waals surface area contributed by atoms with Gasteiger partial charge in [0.25, 0.3) is 5.91 Å². The maximum atomic E-state index is 12.5. The number of rotatable bonds is 8. The molecule has 24 heavy (non-hydrogen) atoms. The Bertz CT molecular complexity index is 590. The van der Waals surface area contributed by atoms with Gasteiger partial charge in [0.05, 0.1) is 24.8 Å². The van der Waals surface area contributed by atoms with Crippen LogP contribution in [0.15, 0.2) is 12.1 Å². The van der Waals surface area contributed by atoms with Gasteiger partial charge < -0.3 is 19.3 Å². The summed E-state index contributed by atoms with van der Waals surface area (Å²) in [4.78, 5) is 27.1. The van der Waals surface area contributed by atoms with E-state index in [2.05, 4.69) is 0 Å². The summed E-state index contributed by atoms with van der Waals surface area (Å²) in [5.74, 6) is 0.387. The van der Waals surface area contributed by atoms with Crippen molar-refractivity contribution in [3.8, 4) is 11.5 Å². The number of nitrogens with zero attached hydrogens (tertiary/aromatic N) is 2. The first-order valence-corrected chi connectivity index (χ1v) is 8.24. The van der Waals surface area contributed by atoms with Crippen molar-refractivity contribution in [2.45, 2.75) is 20.3 Å². The summed E-state index contributed by atoms with van der Waals surface area (Å²) in [6.07, 6.45) is 0.831. The molecule has 0 bridgehead atoms. The SMILES string of the molecule is CCCOc1c(Cl)cc(C(=O)N(C)CC(=O)N(C)C)cc1OCC. The second-order valence-corrected chi connectivity index (χ2v) is 5.92. The summed E-state index contributed by atoms with van der Waals surface area (Å²) < 4.78 is 11.2. The minimum atomic E-state index is -0.310. The maximum Gasteiger partial charge on any atom is 0.254 e. The minimum Gasteiger partial charge on any atom is -0.490 e. The first-order chi connectivity index (χ1) is 11.3. The molecule has 0 unspecified atom stereocenters. The van der Waals surface area contributed by atoms with Gasteiger partial charge in [-0.3, -0.25) is 9.59 Å². The monoisotopic (exact) mass is 356 g/mol. The van der Waals surface area contributed by atoms with Crippen molar-refractivity contribution in [3.05, 3.63) is 22.7 Å². The fourth-order valence-corrected chi connectivity index (χ4v) is 2.20. The van der Waals surface area contributed by atoms with Gasteiger partial charge in [-0.15, -0.1) is 0 Å². The van der Waals surface area contributed by atoms with E-state index in [4.69, 9.17) is 21.1 Å². The zero-order valence-electron chi connectivity index (χ0n) is 14.9. The van der Waals surface area contributed by atoms with Gasteiger partial charge in [0.15, 0.2) is 11.5 Å². The number of carbonyl (C=O) groups excluding carboxylic acids is 2. The number of ether oxygens (including phenoxy) is 2. The first-order valence-electron chi connectivity index (χ1n) is 7.86. The van der Waals surface area contributed by atoms with Crippen LogP contribution in [0.1, 0.15) is 30.6 Å². The molecule has 0 aliphatic heterocycles. The molecule has 0 heterocycles. The van der Waals surface area contributed by atoms with Crippen molar-refractivity contribution in [1.29, 1.82) is 0 Å². The van der Waals surface area contributed by atoms with Crippen LogP contribution in [-0.4, -0.2) is 62.5 Å². The van der Waals surface area contributed by atoms with Gasteiger partial charge in [-0.2, -0.15) is 0 Å². The van der Waals surface area contributed by atoms with Crippen molar-refractivity contribution in [1.82, 2.24) is 9.80 Å². The Balaban J connectivity index is 3.06. The summed E-state index contributed by atoms with van der Waals surface area (Å²) in [6.45, 7) is 4.74. The van der Waals surface area contributed by atoms with E-state index in [1.807, 2.05) is 13.8 Å². The maximum absolute atomic E-state index is 12.5. The average molecular weight is 357 g/mol. The van der Waals surface area contributed by atoms with Crippen LogP contribution in [0.25, 0.3) is 0 Å². The molecular weight excluding hydrogens is 332 g/mol. The highest BCUT2D eigenvalue weighted by Gasteiger charge is 2.20. The Morgan fingerprint density at radius 3 is 2.33 bits per heavy atom. The molecule has 6 nitrogen and oxygen atoms in total. The highest BCUT2D eigenvalue weighted by atomic mass is 35.5. The van der Waals surface area contributed by atoms with E-state index in [0.29, 0.717) is 35.3 Å². The lowest BCUT2D eigenvalue weighted by Crippen LogP contribution is -2.37. The molecule has 0 aliphatic carbocycles. The molecule has 2 amide bonds. The fourth-order valence-electron chi connectivity index (χ4n) is 1.94. The van der Waals surface area contributed by atoms with E-state index >= 15 is 0 Å².